The van der Waals surface area contributed by atoms with Gasteiger partial charge in [0.2, 0.25) is 0 Å². The van der Waals surface area contributed by atoms with Crippen molar-refractivity contribution in [2.24, 2.45) is 4.99 Å². The molecule has 1 nitrogen and oxygen atoms in total. The average molecular weight is 225 g/mol. The Hall–Kier alpha value is -0.373. The van der Waals surface area contributed by atoms with Gasteiger partial charge in [-0.15, -0.1) is 12.3 Å². The molecule has 0 saturated heterocycles. The molecule has 15 heavy (non-hydrogen) atoms. The highest BCUT2D eigenvalue weighted by Crippen LogP contribution is 2.03. The number of nitrogens with zero attached hydrogens (tertiary/aromatic N) is 1. The first-order chi connectivity index (χ1) is 7.35. The Morgan fingerprint density at radius 1 is 1.13 bits per heavy atom. The van der Waals surface area contributed by atoms with E-state index in [4.69, 9.17) is 0 Å². The van der Waals surface area contributed by atoms with Crippen LogP contribution in [-0.4, -0.2) is 21.6 Å². The van der Waals surface area contributed by atoms with Crippen LogP contribution >= 0.6 is 0 Å². The summed E-state index contributed by atoms with van der Waals surface area (Å²) in [4.78, 5) is 4.48. The van der Waals surface area contributed by atoms with Crippen LogP contribution < -0.4 is 0 Å². The third-order valence-corrected chi connectivity index (χ3v) is 5.47. The molecule has 0 saturated carbocycles. The van der Waals surface area contributed by atoms with Crippen molar-refractivity contribution in [2.75, 3.05) is 6.54 Å². The first kappa shape index (κ1) is 14.6. The van der Waals surface area contributed by atoms with Gasteiger partial charge in [-0.05, 0) is 18.7 Å². The monoisotopic (exact) mass is 225 g/mol. The number of unbranched alkanes of at least 4 members (excludes halogenated alkanes) is 3. The zero-order valence-electron chi connectivity index (χ0n) is 10.5. The average Bonchev–Trinajstić information content (AvgIpc) is 2.26. The maximum atomic E-state index is 4.48. The van der Waals surface area contributed by atoms with Gasteiger partial charge in [-0.3, -0.25) is 4.99 Å². The molecular weight excluding hydrogens is 198 g/mol. The SMILES string of the molecule is C=C[SiH](CC=NCCCCCC)CCC. The molecule has 88 valence electrons. The highest BCUT2D eigenvalue weighted by Gasteiger charge is 2.01. The topological polar surface area (TPSA) is 12.4 Å². The maximum absolute atomic E-state index is 4.48. The number of rotatable bonds is 10. The molecule has 0 bridgehead atoms. The van der Waals surface area contributed by atoms with Crippen LogP contribution in [0.25, 0.3) is 0 Å². The van der Waals surface area contributed by atoms with Crippen LogP contribution in [0.5, 0.6) is 0 Å². The summed E-state index contributed by atoms with van der Waals surface area (Å²) >= 11 is 0. The van der Waals surface area contributed by atoms with Gasteiger partial charge in [0.05, 0.1) is 8.80 Å². The summed E-state index contributed by atoms with van der Waals surface area (Å²) in [6.07, 6.45) is 8.72. The van der Waals surface area contributed by atoms with Gasteiger partial charge in [0.1, 0.15) is 0 Å². The summed E-state index contributed by atoms with van der Waals surface area (Å²) < 4.78 is 0. The van der Waals surface area contributed by atoms with Gasteiger partial charge in [-0.2, -0.15) is 0 Å². The van der Waals surface area contributed by atoms with Gasteiger partial charge in [-0.25, -0.2) is 0 Å². The minimum absolute atomic E-state index is 0.663. The maximum Gasteiger partial charge on any atom is 0.0660 e. The van der Waals surface area contributed by atoms with E-state index in [0.29, 0.717) is 0 Å². The van der Waals surface area contributed by atoms with Gasteiger partial charge < -0.3 is 0 Å². The standard InChI is InChI=1S/C13H27NSi/c1-4-7-8-9-10-14-11-13-15(6-3)12-5-2/h6,11,15H,3-5,7-10,12-13H2,1-2H3. The molecular formula is C13H27NSi. The minimum Gasteiger partial charge on any atom is -0.298 e. The molecule has 0 aliphatic carbocycles. The van der Waals surface area contributed by atoms with Crippen LogP contribution in [0.15, 0.2) is 17.3 Å². The minimum atomic E-state index is -0.663. The third kappa shape index (κ3) is 9.92. The summed E-state index contributed by atoms with van der Waals surface area (Å²) in [5.41, 5.74) is 2.20. The van der Waals surface area contributed by atoms with Crippen molar-refractivity contribution in [1.82, 2.24) is 0 Å². The van der Waals surface area contributed by atoms with E-state index in [1.165, 1.54) is 44.2 Å². The largest absolute Gasteiger partial charge is 0.298 e. The highest BCUT2D eigenvalue weighted by atomic mass is 28.3. The lowest BCUT2D eigenvalue weighted by Crippen LogP contribution is -2.08. The van der Waals surface area contributed by atoms with E-state index in [2.05, 4.69) is 37.3 Å². The van der Waals surface area contributed by atoms with Crippen LogP contribution in [0.1, 0.15) is 46.0 Å². The first-order valence-corrected chi connectivity index (χ1v) is 8.75. The molecule has 0 aliphatic heterocycles. The summed E-state index contributed by atoms with van der Waals surface area (Å²) in [5, 5.41) is 0. The Kier molecular flexibility index (Phi) is 11.4. The predicted molar refractivity (Wildman–Crippen MR) is 74.8 cm³/mol. The quantitative estimate of drug-likeness (QED) is 0.303. The van der Waals surface area contributed by atoms with E-state index < -0.39 is 8.80 Å². The smallest absolute Gasteiger partial charge is 0.0660 e. The molecule has 0 aromatic heterocycles. The zero-order chi connectivity index (χ0) is 11.4. The summed E-state index contributed by atoms with van der Waals surface area (Å²) in [5.74, 6) is 0. The molecule has 1 atom stereocenters. The van der Waals surface area contributed by atoms with Crippen molar-refractivity contribution >= 4 is 15.0 Å². The van der Waals surface area contributed by atoms with E-state index >= 15 is 0 Å². The van der Waals surface area contributed by atoms with Crippen LogP contribution in [0.4, 0.5) is 0 Å². The lowest BCUT2D eigenvalue weighted by Gasteiger charge is -2.04. The normalized spacial score (nSPS) is 13.2. The van der Waals surface area contributed by atoms with Gasteiger partial charge in [0.15, 0.2) is 0 Å². The molecule has 0 aromatic carbocycles. The molecule has 0 N–H and O–H groups in total. The Bertz CT molecular complexity index is 166. The van der Waals surface area contributed by atoms with Crippen LogP contribution in [-0.2, 0) is 0 Å². The Morgan fingerprint density at radius 2 is 1.93 bits per heavy atom. The molecule has 0 aliphatic rings. The number of aliphatic imine (C=N–C) groups is 1. The van der Waals surface area contributed by atoms with E-state index in [0.717, 1.165) is 6.54 Å². The third-order valence-electron chi connectivity index (χ3n) is 2.67. The van der Waals surface area contributed by atoms with Crippen LogP contribution in [0, 0.1) is 0 Å². The van der Waals surface area contributed by atoms with Crippen molar-refractivity contribution in [3.8, 4) is 0 Å². The number of hydrogen-bond donors (Lipinski definition) is 0. The van der Waals surface area contributed by atoms with Crippen molar-refractivity contribution in [2.45, 2.75) is 58.0 Å². The van der Waals surface area contributed by atoms with Gasteiger partial charge in [0, 0.05) is 6.54 Å². The zero-order valence-corrected chi connectivity index (χ0v) is 11.7. The molecule has 0 radical (unpaired) electrons. The first-order valence-electron chi connectivity index (χ1n) is 6.45. The molecule has 0 fully saturated rings. The predicted octanol–water partition coefficient (Wildman–Crippen LogP) is 4.00. The Morgan fingerprint density at radius 3 is 2.53 bits per heavy atom. The molecule has 0 heterocycles. The van der Waals surface area contributed by atoms with E-state index in [1.807, 2.05) is 0 Å². The Labute approximate surface area is 97.3 Å². The molecule has 2 heteroatoms. The molecule has 1 unspecified atom stereocenters. The molecule has 0 aromatic rings. The van der Waals surface area contributed by atoms with E-state index in [9.17, 15) is 0 Å². The second-order valence-corrected chi connectivity index (χ2v) is 7.21. The van der Waals surface area contributed by atoms with Gasteiger partial charge in [-0.1, -0.05) is 45.6 Å². The van der Waals surface area contributed by atoms with Crippen molar-refractivity contribution < 1.29 is 0 Å². The van der Waals surface area contributed by atoms with Gasteiger partial charge in [0.25, 0.3) is 0 Å². The Balaban J connectivity index is 3.38. The second-order valence-electron chi connectivity index (χ2n) is 4.17. The van der Waals surface area contributed by atoms with E-state index in [1.54, 1.807) is 0 Å². The fourth-order valence-corrected chi connectivity index (χ4v) is 3.46. The molecule has 0 spiro atoms. The summed E-state index contributed by atoms with van der Waals surface area (Å²) in [6.45, 7) is 9.45. The molecule has 0 rings (SSSR count). The van der Waals surface area contributed by atoms with Crippen LogP contribution in [0.2, 0.25) is 12.1 Å². The highest BCUT2D eigenvalue weighted by molar-refractivity contribution is 6.66. The molecule has 0 amide bonds. The van der Waals surface area contributed by atoms with Crippen molar-refractivity contribution in [1.29, 1.82) is 0 Å². The van der Waals surface area contributed by atoms with E-state index in [-0.39, 0.29) is 0 Å². The lowest BCUT2D eigenvalue weighted by molar-refractivity contribution is 0.676. The summed E-state index contributed by atoms with van der Waals surface area (Å²) in [6, 6.07) is 2.59. The lowest BCUT2D eigenvalue weighted by atomic mass is 10.2. The second kappa shape index (κ2) is 11.7. The summed E-state index contributed by atoms with van der Waals surface area (Å²) in [7, 11) is -0.663. The van der Waals surface area contributed by atoms with Gasteiger partial charge >= 0.3 is 0 Å². The van der Waals surface area contributed by atoms with Crippen LogP contribution in [0.3, 0.4) is 0 Å². The number of hydrogen-bond acceptors (Lipinski definition) is 1. The van der Waals surface area contributed by atoms with Crippen molar-refractivity contribution in [3.63, 3.8) is 0 Å². The fraction of sp³-hybridized carbons (Fsp3) is 0.769. The van der Waals surface area contributed by atoms with Crippen molar-refractivity contribution in [3.05, 3.63) is 12.3 Å². The fourth-order valence-electron chi connectivity index (χ4n) is 1.63.